The quantitative estimate of drug-likeness (QED) is 0.301. The number of benzene rings is 3. The summed E-state index contributed by atoms with van der Waals surface area (Å²) in [6.45, 7) is 4.36. The first-order chi connectivity index (χ1) is 17.2. The monoisotopic (exact) mass is 546 g/mol. The average Bonchev–Trinajstić information content (AvgIpc) is 2.85. The van der Waals surface area contributed by atoms with Crippen LogP contribution >= 0.6 is 34.8 Å². The van der Waals surface area contributed by atoms with Crippen molar-refractivity contribution in [2.45, 2.75) is 32.9 Å². The number of nitrogens with zero attached hydrogens (tertiary/aromatic N) is 1. The Bertz CT molecular complexity index is 1170. The lowest BCUT2D eigenvalue weighted by Crippen LogP contribution is -2.52. The molecule has 0 heterocycles. The zero-order valence-electron chi connectivity index (χ0n) is 20.2. The van der Waals surface area contributed by atoms with E-state index in [2.05, 4.69) is 5.32 Å². The van der Waals surface area contributed by atoms with Gasteiger partial charge in [-0.05, 0) is 41.3 Å². The molecule has 0 aliphatic heterocycles. The van der Waals surface area contributed by atoms with Crippen LogP contribution in [0.25, 0.3) is 0 Å². The van der Waals surface area contributed by atoms with Gasteiger partial charge in [-0.1, -0.05) is 97.2 Å². The van der Waals surface area contributed by atoms with Crippen LogP contribution in [0.2, 0.25) is 15.1 Å². The van der Waals surface area contributed by atoms with E-state index in [1.54, 1.807) is 24.3 Å². The Kier molecular flexibility index (Phi) is 10.5. The zero-order valence-corrected chi connectivity index (χ0v) is 22.5. The number of carbonyl (C=O) groups is 2. The summed E-state index contributed by atoms with van der Waals surface area (Å²) >= 11 is 18.6. The van der Waals surface area contributed by atoms with Crippen LogP contribution in [-0.4, -0.2) is 35.9 Å². The number of nitrogens with one attached hydrogen (secondary N) is 1. The van der Waals surface area contributed by atoms with Crippen LogP contribution in [0.5, 0.6) is 5.75 Å². The lowest BCUT2D eigenvalue weighted by atomic mass is 10.0. The molecule has 2 amide bonds. The second-order valence-corrected chi connectivity index (χ2v) is 10.1. The summed E-state index contributed by atoms with van der Waals surface area (Å²) in [6.07, 6.45) is 0.336. The van der Waals surface area contributed by atoms with E-state index in [1.807, 2.05) is 62.4 Å². The van der Waals surface area contributed by atoms with Crippen molar-refractivity contribution in [1.82, 2.24) is 10.2 Å². The molecule has 0 bridgehead atoms. The summed E-state index contributed by atoms with van der Waals surface area (Å²) in [5.74, 6) is -0.0237. The van der Waals surface area contributed by atoms with Crippen LogP contribution < -0.4 is 10.1 Å². The highest BCUT2D eigenvalue weighted by Gasteiger charge is 2.31. The molecule has 0 aliphatic rings. The maximum absolute atomic E-state index is 13.6. The summed E-state index contributed by atoms with van der Waals surface area (Å²) in [4.78, 5) is 28.5. The van der Waals surface area contributed by atoms with Gasteiger partial charge in [0.15, 0.2) is 6.61 Å². The first-order valence-electron chi connectivity index (χ1n) is 11.7. The van der Waals surface area contributed by atoms with Crippen LogP contribution in [0.4, 0.5) is 0 Å². The molecule has 3 rings (SSSR count). The van der Waals surface area contributed by atoms with E-state index >= 15 is 0 Å². The lowest BCUT2D eigenvalue weighted by Gasteiger charge is -2.32. The number of amides is 2. The van der Waals surface area contributed by atoms with Crippen molar-refractivity contribution in [3.63, 3.8) is 0 Å². The highest BCUT2D eigenvalue weighted by Crippen LogP contribution is 2.28. The Balaban J connectivity index is 1.92. The average molecular weight is 548 g/mol. The van der Waals surface area contributed by atoms with E-state index in [1.165, 1.54) is 4.90 Å². The molecule has 0 spiro atoms. The summed E-state index contributed by atoms with van der Waals surface area (Å²) in [7, 11) is 0. The van der Waals surface area contributed by atoms with E-state index in [0.29, 0.717) is 33.8 Å². The van der Waals surface area contributed by atoms with Crippen molar-refractivity contribution in [3.8, 4) is 5.75 Å². The number of hydrogen-bond acceptors (Lipinski definition) is 3. The molecule has 36 heavy (non-hydrogen) atoms. The van der Waals surface area contributed by atoms with Crippen LogP contribution in [0.3, 0.4) is 0 Å². The van der Waals surface area contributed by atoms with Crippen molar-refractivity contribution in [3.05, 3.63) is 99.0 Å². The molecule has 8 heteroatoms. The number of rotatable bonds is 11. The number of ether oxygens (including phenoxy) is 1. The molecule has 0 saturated carbocycles. The van der Waals surface area contributed by atoms with Gasteiger partial charge in [-0.3, -0.25) is 9.59 Å². The molecular formula is C28H29Cl3N2O3. The molecule has 1 atom stereocenters. The molecule has 3 aromatic rings. The fourth-order valence-corrected chi connectivity index (χ4v) is 4.26. The van der Waals surface area contributed by atoms with Gasteiger partial charge in [-0.15, -0.1) is 0 Å². The Morgan fingerprint density at radius 3 is 2.28 bits per heavy atom. The van der Waals surface area contributed by atoms with Gasteiger partial charge in [-0.25, -0.2) is 0 Å². The van der Waals surface area contributed by atoms with Gasteiger partial charge in [0.1, 0.15) is 11.8 Å². The topological polar surface area (TPSA) is 58.6 Å². The van der Waals surface area contributed by atoms with Crippen LogP contribution in [0.15, 0.2) is 72.8 Å². The SMILES string of the molecule is CC(C)CNC(=O)[C@@H](Cc1ccccc1)N(Cc1ccccc1Cl)C(=O)COc1ccc(Cl)cc1Cl. The van der Waals surface area contributed by atoms with Gasteiger partial charge in [0.2, 0.25) is 5.91 Å². The summed E-state index contributed by atoms with van der Waals surface area (Å²) in [6, 6.07) is 20.9. The second-order valence-electron chi connectivity index (χ2n) is 8.82. The number of hydrogen-bond donors (Lipinski definition) is 1. The smallest absolute Gasteiger partial charge is 0.261 e. The molecule has 0 aromatic heterocycles. The van der Waals surface area contributed by atoms with Crippen molar-refractivity contribution in [2.24, 2.45) is 5.92 Å². The Morgan fingerprint density at radius 1 is 0.917 bits per heavy atom. The molecular weight excluding hydrogens is 519 g/mol. The van der Waals surface area contributed by atoms with E-state index in [9.17, 15) is 9.59 Å². The first kappa shape index (κ1) is 27.9. The van der Waals surface area contributed by atoms with E-state index < -0.39 is 6.04 Å². The fourth-order valence-electron chi connectivity index (χ4n) is 3.60. The van der Waals surface area contributed by atoms with Crippen LogP contribution in [-0.2, 0) is 22.6 Å². The second kappa shape index (κ2) is 13.5. The van der Waals surface area contributed by atoms with Gasteiger partial charge < -0.3 is 15.0 Å². The standard InChI is InChI=1S/C28H29Cl3N2O3/c1-19(2)16-32-28(35)25(14-20-8-4-3-5-9-20)33(17-21-10-6-7-11-23(21)30)27(34)18-36-26-13-12-22(29)15-24(26)31/h3-13,15,19,25H,14,16-18H2,1-2H3,(H,32,35)/t25-/m1/s1. The molecule has 3 aromatic carbocycles. The van der Waals surface area contributed by atoms with E-state index in [4.69, 9.17) is 39.5 Å². The maximum atomic E-state index is 13.6. The summed E-state index contributed by atoms with van der Waals surface area (Å²) in [5.41, 5.74) is 1.66. The Labute approximate surface area is 227 Å². The molecule has 0 fully saturated rings. The van der Waals surface area contributed by atoms with E-state index in [-0.39, 0.29) is 30.9 Å². The Morgan fingerprint density at radius 2 is 1.61 bits per heavy atom. The first-order valence-corrected chi connectivity index (χ1v) is 12.8. The van der Waals surface area contributed by atoms with Crippen molar-refractivity contribution < 1.29 is 14.3 Å². The van der Waals surface area contributed by atoms with Crippen molar-refractivity contribution >= 4 is 46.6 Å². The molecule has 0 unspecified atom stereocenters. The molecule has 0 aliphatic carbocycles. The molecule has 190 valence electrons. The van der Waals surface area contributed by atoms with Gasteiger partial charge in [0.05, 0.1) is 5.02 Å². The third-order valence-electron chi connectivity index (χ3n) is 5.50. The van der Waals surface area contributed by atoms with Crippen LogP contribution in [0.1, 0.15) is 25.0 Å². The van der Waals surface area contributed by atoms with Gasteiger partial charge in [0.25, 0.3) is 5.91 Å². The van der Waals surface area contributed by atoms with Crippen molar-refractivity contribution in [2.75, 3.05) is 13.2 Å². The summed E-state index contributed by atoms with van der Waals surface area (Å²) in [5, 5.41) is 4.25. The predicted molar refractivity (Wildman–Crippen MR) is 146 cm³/mol. The highest BCUT2D eigenvalue weighted by atomic mass is 35.5. The molecule has 5 nitrogen and oxygen atoms in total. The van der Waals surface area contributed by atoms with Gasteiger partial charge in [0, 0.05) is 29.6 Å². The van der Waals surface area contributed by atoms with Crippen LogP contribution in [0, 0.1) is 5.92 Å². The molecule has 0 radical (unpaired) electrons. The lowest BCUT2D eigenvalue weighted by molar-refractivity contribution is -0.142. The van der Waals surface area contributed by atoms with E-state index in [0.717, 1.165) is 11.1 Å². The fraction of sp³-hybridized carbons (Fsp3) is 0.286. The van der Waals surface area contributed by atoms with Gasteiger partial charge >= 0.3 is 0 Å². The summed E-state index contributed by atoms with van der Waals surface area (Å²) < 4.78 is 5.73. The third kappa shape index (κ3) is 8.16. The highest BCUT2D eigenvalue weighted by molar-refractivity contribution is 6.35. The minimum absolute atomic E-state index is 0.142. The molecule has 0 saturated heterocycles. The minimum Gasteiger partial charge on any atom is -0.482 e. The maximum Gasteiger partial charge on any atom is 0.261 e. The zero-order chi connectivity index (χ0) is 26.1. The Hall–Kier alpha value is -2.73. The predicted octanol–water partition coefficient (Wildman–Crippen LogP) is 6.44. The minimum atomic E-state index is -0.779. The normalized spacial score (nSPS) is 11.7. The number of halogens is 3. The van der Waals surface area contributed by atoms with Crippen molar-refractivity contribution in [1.29, 1.82) is 0 Å². The molecule has 1 N–H and O–H groups in total. The van der Waals surface area contributed by atoms with Gasteiger partial charge in [-0.2, -0.15) is 0 Å². The third-order valence-corrected chi connectivity index (χ3v) is 6.40. The largest absolute Gasteiger partial charge is 0.482 e. The number of carbonyl (C=O) groups excluding carboxylic acids is 2.